The third-order valence-electron chi connectivity index (χ3n) is 17.4. The van der Waals surface area contributed by atoms with Gasteiger partial charge in [0.2, 0.25) is 0 Å². The van der Waals surface area contributed by atoms with Crippen molar-refractivity contribution in [2.24, 2.45) is 5.92 Å². The molecule has 19 heteroatoms. The quantitative estimate of drug-likeness (QED) is 0.0222. The Bertz CT molecular complexity index is 1770. The fraction of sp³-hybridized carbons (Fsp3) is 0.945. The highest BCUT2D eigenvalue weighted by Crippen LogP contribution is 2.45. The van der Waals surface area contributed by atoms with Crippen LogP contribution in [0.3, 0.4) is 0 Å². The summed E-state index contributed by atoms with van der Waals surface area (Å²) in [7, 11) is -9.90. The molecule has 3 N–H and O–H groups in total. The number of phosphoric acid groups is 2. The van der Waals surface area contributed by atoms with E-state index in [0.29, 0.717) is 25.7 Å². The second-order valence-electron chi connectivity index (χ2n) is 26.6. The van der Waals surface area contributed by atoms with E-state index in [-0.39, 0.29) is 25.7 Å². The number of esters is 4. The Morgan fingerprint density at radius 3 is 0.772 bits per heavy atom. The van der Waals surface area contributed by atoms with Gasteiger partial charge in [-0.1, -0.05) is 330 Å². The second-order valence-corrected chi connectivity index (χ2v) is 29.5. The summed E-state index contributed by atoms with van der Waals surface area (Å²) in [6, 6.07) is 0. The summed E-state index contributed by atoms with van der Waals surface area (Å²) in [5.41, 5.74) is 0. The molecule has 0 heterocycles. The lowest BCUT2D eigenvalue weighted by atomic mass is 9.99. The molecular formula is C73H142O17P2. The van der Waals surface area contributed by atoms with Crippen molar-refractivity contribution >= 4 is 39.5 Å². The van der Waals surface area contributed by atoms with E-state index in [1.165, 1.54) is 193 Å². The summed E-state index contributed by atoms with van der Waals surface area (Å²) in [5.74, 6) is -1.35. The number of phosphoric ester groups is 2. The predicted octanol–water partition coefficient (Wildman–Crippen LogP) is 21.3. The number of ether oxygens (including phenoxy) is 4. The molecule has 0 aromatic rings. The van der Waals surface area contributed by atoms with Gasteiger partial charge in [-0.05, 0) is 31.6 Å². The van der Waals surface area contributed by atoms with Crippen LogP contribution in [0.15, 0.2) is 0 Å². The summed E-state index contributed by atoms with van der Waals surface area (Å²) >= 11 is 0. The monoisotopic (exact) mass is 1350 g/mol. The SMILES string of the molecule is CCCCCCCCCCCCCCCCCCCCC(=O)O[C@H](COC(=O)CCCCCCCCCCCCCCCCC)COP(=O)(O)OC[C@@H](O)COP(=O)(O)OC[C@@H](COC(=O)CCCCCCCCC)OC(=O)CCCCCCCCCCC(C)CC. The van der Waals surface area contributed by atoms with Crippen molar-refractivity contribution in [2.75, 3.05) is 39.6 Å². The lowest BCUT2D eigenvalue weighted by molar-refractivity contribution is -0.161. The minimum absolute atomic E-state index is 0.105. The van der Waals surface area contributed by atoms with Gasteiger partial charge in [-0.2, -0.15) is 0 Å². The third kappa shape index (κ3) is 65.4. The van der Waals surface area contributed by atoms with Crippen molar-refractivity contribution in [3.63, 3.8) is 0 Å². The molecule has 0 radical (unpaired) electrons. The van der Waals surface area contributed by atoms with Gasteiger partial charge in [-0.15, -0.1) is 0 Å². The molecule has 0 saturated heterocycles. The van der Waals surface area contributed by atoms with Gasteiger partial charge in [-0.3, -0.25) is 37.3 Å². The molecule has 0 aromatic heterocycles. The van der Waals surface area contributed by atoms with Crippen LogP contribution in [0.4, 0.5) is 0 Å². The zero-order chi connectivity index (χ0) is 67.7. The fourth-order valence-corrected chi connectivity index (χ4v) is 12.7. The maximum Gasteiger partial charge on any atom is 0.472 e. The lowest BCUT2D eigenvalue weighted by Crippen LogP contribution is -2.30. The van der Waals surface area contributed by atoms with Gasteiger partial charge in [0.15, 0.2) is 12.2 Å². The number of carbonyl (C=O) groups is 4. The summed E-state index contributed by atoms with van der Waals surface area (Å²) in [6.07, 6.45) is 54.2. The zero-order valence-electron chi connectivity index (χ0n) is 59.7. The van der Waals surface area contributed by atoms with Gasteiger partial charge in [0, 0.05) is 25.7 Å². The zero-order valence-corrected chi connectivity index (χ0v) is 61.5. The highest BCUT2D eigenvalue weighted by molar-refractivity contribution is 7.47. The molecule has 0 aliphatic heterocycles. The van der Waals surface area contributed by atoms with Gasteiger partial charge >= 0.3 is 39.5 Å². The molecular weight excluding hydrogens is 1210 g/mol. The average Bonchev–Trinajstić information content (AvgIpc) is 1.83. The molecule has 0 aromatic carbocycles. The normalized spacial score (nSPS) is 14.3. The minimum Gasteiger partial charge on any atom is -0.462 e. The highest BCUT2D eigenvalue weighted by atomic mass is 31.2. The van der Waals surface area contributed by atoms with E-state index in [0.717, 1.165) is 109 Å². The van der Waals surface area contributed by atoms with E-state index in [1.54, 1.807) is 0 Å². The summed E-state index contributed by atoms with van der Waals surface area (Å²) in [6.45, 7) is 7.23. The third-order valence-corrected chi connectivity index (χ3v) is 19.3. The van der Waals surface area contributed by atoms with Gasteiger partial charge in [0.1, 0.15) is 19.3 Å². The van der Waals surface area contributed by atoms with Crippen molar-refractivity contribution in [1.82, 2.24) is 0 Å². The highest BCUT2D eigenvalue weighted by Gasteiger charge is 2.30. The summed E-state index contributed by atoms with van der Waals surface area (Å²) < 4.78 is 68.3. The Kier molecular flexibility index (Phi) is 64.9. The van der Waals surface area contributed by atoms with Crippen molar-refractivity contribution < 1.29 is 80.2 Å². The van der Waals surface area contributed by atoms with Crippen molar-refractivity contribution in [3.05, 3.63) is 0 Å². The summed E-state index contributed by atoms with van der Waals surface area (Å²) in [4.78, 5) is 72.5. The standard InChI is InChI=1S/C73H142O17P2/c1-6-10-13-16-19-21-23-25-27-28-29-31-33-35-37-43-48-53-58-72(77)89-69(63-84-71(76)57-52-47-42-36-34-32-30-26-24-22-20-17-14-11-7-2)65-88-92(81,82)86-61-67(74)60-85-91(79,80)87-64-68(62-83-70(75)56-51-46-40-18-15-12-8-3)90-73(78)59-54-49-44-39-38-41-45-50-55-66(5)9-4/h66-69,74H,6-65H2,1-5H3,(H,79,80)(H,81,82)/t66?,67-,68+,69+/m0/s1. The lowest BCUT2D eigenvalue weighted by Gasteiger charge is -2.21. The topological polar surface area (TPSA) is 237 Å². The summed E-state index contributed by atoms with van der Waals surface area (Å²) in [5, 5.41) is 10.6. The van der Waals surface area contributed by atoms with E-state index >= 15 is 0 Å². The Morgan fingerprint density at radius 2 is 0.522 bits per heavy atom. The van der Waals surface area contributed by atoms with Crippen molar-refractivity contribution in [1.29, 1.82) is 0 Å². The van der Waals surface area contributed by atoms with Crippen LogP contribution >= 0.6 is 15.6 Å². The van der Waals surface area contributed by atoms with E-state index in [2.05, 4.69) is 34.6 Å². The van der Waals surface area contributed by atoms with E-state index in [9.17, 15) is 43.2 Å². The number of aliphatic hydroxyl groups is 1. The van der Waals surface area contributed by atoms with Crippen molar-refractivity contribution in [3.8, 4) is 0 Å². The van der Waals surface area contributed by atoms with Crippen LogP contribution in [-0.4, -0.2) is 96.7 Å². The maximum atomic E-state index is 13.1. The van der Waals surface area contributed by atoms with Crippen LogP contribution in [0.1, 0.15) is 381 Å². The van der Waals surface area contributed by atoms with E-state index in [1.807, 2.05) is 0 Å². The Hall–Kier alpha value is -1.94. The predicted molar refractivity (Wildman–Crippen MR) is 372 cm³/mol. The first-order chi connectivity index (χ1) is 44.6. The smallest absolute Gasteiger partial charge is 0.462 e. The molecule has 546 valence electrons. The molecule has 0 rings (SSSR count). The van der Waals surface area contributed by atoms with Gasteiger partial charge in [0.05, 0.1) is 26.4 Å². The molecule has 0 saturated carbocycles. The van der Waals surface area contributed by atoms with Crippen molar-refractivity contribution in [2.45, 2.75) is 400 Å². The molecule has 0 bridgehead atoms. The Morgan fingerprint density at radius 1 is 0.304 bits per heavy atom. The number of aliphatic hydroxyl groups excluding tert-OH is 1. The molecule has 0 aliphatic carbocycles. The van der Waals surface area contributed by atoms with Gasteiger partial charge in [0.25, 0.3) is 0 Å². The molecule has 0 aliphatic rings. The molecule has 0 fully saturated rings. The molecule has 92 heavy (non-hydrogen) atoms. The number of carbonyl (C=O) groups excluding carboxylic acids is 4. The van der Waals surface area contributed by atoms with Gasteiger partial charge in [-0.25, -0.2) is 9.13 Å². The van der Waals surface area contributed by atoms with Crippen LogP contribution in [0, 0.1) is 5.92 Å². The molecule has 3 unspecified atom stereocenters. The van der Waals surface area contributed by atoms with Crippen LogP contribution < -0.4 is 0 Å². The Balaban J connectivity index is 5.20. The van der Waals surface area contributed by atoms with E-state index in [4.69, 9.17) is 37.0 Å². The van der Waals surface area contributed by atoms with Crippen LogP contribution in [0.5, 0.6) is 0 Å². The number of unbranched alkanes of at least 4 members (excludes halogenated alkanes) is 44. The largest absolute Gasteiger partial charge is 0.472 e. The molecule has 17 nitrogen and oxygen atoms in total. The first-order valence-electron chi connectivity index (χ1n) is 38.2. The van der Waals surface area contributed by atoms with E-state index < -0.39 is 97.5 Å². The minimum atomic E-state index is -4.95. The van der Waals surface area contributed by atoms with Crippen LogP contribution in [0.25, 0.3) is 0 Å². The molecule has 0 amide bonds. The van der Waals surface area contributed by atoms with Gasteiger partial charge < -0.3 is 33.8 Å². The van der Waals surface area contributed by atoms with Crippen LogP contribution in [-0.2, 0) is 65.4 Å². The molecule has 0 spiro atoms. The number of hydrogen-bond donors (Lipinski definition) is 3. The first-order valence-corrected chi connectivity index (χ1v) is 41.2. The fourth-order valence-electron chi connectivity index (χ4n) is 11.1. The molecule has 6 atom stereocenters. The van der Waals surface area contributed by atoms with Crippen LogP contribution in [0.2, 0.25) is 0 Å². The average molecular weight is 1350 g/mol. The number of rotatable bonds is 73. The maximum absolute atomic E-state index is 13.1. The number of hydrogen-bond acceptors (Lipinski definition) is 15. The Labute approximate surface area is 562 Å². The second kappa shape index (κ2) is 66.3. The first kappa shape index (κ1) is 90.1.